The second-order valence-corrected chi connectivity index (χ2v) is 6.63. The van der Waals surface area contributed by atoms with Crippen LogP contribution in [-0.4, -0.2) is 50.1 Å². The van der Waals surface area contributed by atoms with Gasteiger partial charge in [-0.2, -0.15) is 0 Å². The predicted octanol–water partition coefficient (Wildman–Crippen LogP) is 2.12. The summed E-state index contributed by atoms with van der Waals surface area (Å²) < 4.78 is 4.91. The second-order valence-electron chi connectivity index (χ2n) is 6.63. The molecule has 5 heteroatoms. The van der Waals surface area contributed by atoms with Crippen molar-refractivity contribution in [2.24, 2.45) is 11.8 Å². The first-order valence-corrected chi connectivity index (χ1v) is 8.90. The molecular formula is C18H30N2O3. The standard InChI is InChI=1S/C18H30N2O3/c1-23-14-11-19-17(21)8-7-15-9-12-20(13-10-15)18(22)16-5-3-2-4-6-16/h2-3,15-16H,4-14H2,1H3,(H,19,21). The monoisotopic (exact) mass is 322 g/mol. The lowest BCUT2D eigenvalue weighted by Gasteiger charge is -2.34. The van der Waals surface area contributed by atoms with Gasteiger partial charge in [-0.1, -0.05) is 12.2 Å². The Labute approximate surface area is 139 Å². The molecule has 1 fully saturated rings. The molecule has 0 radical (unpaired) electrons. The van der Waals surface area contributed by atoms with Crippen molar-refractivity contribution >= 4 is 11.8 Å². The lowest BCUT2D eigenvalue weighted by Crippen LogP contribution is -2.42. The van der Waals surface area contributed by atoms with Crippen molar-refractivity contribution in [3.05, 3.63) is 12.2 Å². The summed E-state index contributed by atoms with van der Waals surface area (Å²) >= 11 is 0. The summed E-state index contributed by atoms with van der Waals surface area (Å²) in [6.07, 6.45) is 10.8. The van der Waals surface area contributed by atoms with E-state index in [1.54, 1.807) is 7.11 Å². The van der Waals surface area contributed by atoms with E-state index in [1.165, 1.54) is 0 Å². The summed E-state index contributed by atoms with van der Waals surface area (Å²) in [7, 11) is 1.63. The highest BCUT2D eigenvalue weighted by Gasteiger charge is 2.28. The van der Waals surface area contributed by atoms with Gasteiger partial charge in [0.15, 0.2) is 0 Å². The molecule has 1 atom stereocenters. The maximum Gasteiger partial charge on any atom is 0.226 e. The van der Waals surface area contributed by atoms with Gasteiger partial charge >= 0.3 is 0 Å². The van der Waals surface area contributed by atoms with Crippen LogP contribution in [0.1, 0.15) is 44.9 Å². The Morgan fingerprint density at radius 3 is 2.65 bits per heavy atom. The number of allylic oxidation sites excluding steroid dienone is 2. The van der Waals surface area contributed by atoms with Gasteiger partial charge in [0.1, 0.15) is 0 Å². The van der Waals surface area contributed by atoms with E-state index < -0.39 is 0 Å². The number of carbonyl (C=O) groups is 2. The quantitative estimate of drug-likeness (QED) is 0.577. The number of methoxy groups -OCH3 is 1. The largest absolute Gasteiger partial charge is 0.383 e. The highest BCUT2D eigenvalue weighted by molar-refractivity contribution is 5.79. The Balaban J connectivity index is 1.62. The molecule has 5 nitrogen and oxygen atoms in total. The number of carbonyl (C=O) groups excluding carboxylic acids is 2. The summed E-state index contributed by atoms with van der Waals surface area (Å²) in [4.78, 5) is 26.2. The van der Waals surface area contributed by atoms with Crippen LogP contribution in [0, 0.1) is 11.8 Å². The molecule has 0 aromatic carbocycles. The average Bonchev–Trinajstić information content (AvgIpc) is 2.61. The van der Waals surface area contributed by atoms with Crippen molar-refractivity contribution in [1.82, 2.24) is 10.2 Å². The van der Waals surface area contributed by atoms with Crippen molar-refractivity contribution in [3.63, 3.8) is 0 Å². The molecule has 1 unspecified atom stereocenters. The number of likely N-dealkylation sites (tertiary alicyclic amines) is 1. The normalized spacial score (nSPS) is 22.1. The van der Waals surface area contributed by atoms with E-state index >= 15 is 0 Å². The second kappa shape index (κ2) is 9.71. The van der Waals surface area contributed by atoms with Crippen molar-refractivity contribution in [1.29, 1.82) is 0 Å². The fourth-order valence-corrected chi connectivity index (χ4v) is 3.43. The number of hydrogen-bond donors (Lipinski definition) is 1. The molecule has 0 aromatic heterocycles. The Morgan fingerprint density at radius 1 is 1.22 bits per heavy atom. The molecule has 0 bridgehead atoms. The molecule has 0 spiro atoms. The molecule has 1 aliphatic carbocycles. The van der Waals surface area contributed by atoms with Gasteiger partial charge in [0.25, 0.3) is 0 Å². The zero-order chi connectivity index (χ0) is 16.5. The topological polar surface area (TPSA) is 58.6 Å². The lowest BCUT2D eigenvalue weighted by atomic mass is 9.89. The van der Waals surface area contributed by atoms with Gasteiger partial charge in [0, 0.05) is 39.1 Å². The zero-order valence-corrected chi connectivity index (χ0v) is 14.3. The fraction of sp³-hybridized carbons (Fsp3) is 0.778. The van der Waals surface area contributed by atoms with Gasteiger partial charge in [-0.3, -0.25) is 9.59 Å². The maximum absolute atomic E-state index is 12.5. The van der Waals surface area contributed by atoms with Crippen LogP contribution in [0.4, 0.5) is 0 Å². The van der Waals surface area contributed by atoms with Gasteiger partial charge in [-0.15, -0.1) is 0 Å². The number of piperidine rings is 1. The average molecular weight is 322 g/mol. The van der Waals surface area contributed by atoms with Crippen molar-refractivity contribution in [3.8, 4) is 0 Å². The van der Waals surface area contributed by atoms with E-state index in [1.807, 2.05) is 4.90 Å². The molecule has 2 amide bonds. The zero-order valence-electron chi connectivity index (χ0n) is 14.3. The predicted molar refractivity (Wildman–Crippen MR) is 89.9 cm³/mol. The van der Waals surface area contributed by atoms with E-state index in [-0.39, 0.29) is 11.8 Å². The number of rotatable bonds is 7. The van der Waals surface area contributed by atoms with Gasteiger partial charge in [0.05, 0.1) is 6.61 Å². The molecule has 2 rings (SSSR count). The summed E-state index contributed by atoms with van der Waals surface area (Å²) in [5, 5.41) is 2.86. The van der Waals surface area contributed by atoms with Crippen molar-refractivity contribution in [2.75, 3.05) is 33.4 Å². The van der Waals surface area contributed by atoms with Gasteiger partial charge in [-0.05, 0) is 44.4 Å². The van der Waals surface area contributed by atoms with E-state index in [0.717, 1.165) is 51.6 Å². The maximum atomic E-state index is 12.5. The minimum absolute atomic E-state index is 0.106. The third-order valence-corrected chi connectivity index (χ3v) is 4.95. The highest BCUT2D eigenvalue weighted by atomic mass is 16.5. The van der Waals surface area contributed by atoms with Gasteiger partial charge in [0.2, 0.25) is 11.8 Å². The molecule has 0 saturated carbocycles. The van der Waals surface area contributed by atoms with Crippen LogP contribution in [0.2, 0.25) is 0 Å². The first-order chi connectivity index (χ1) is 11.2. The summed E-state index contributed by atoms with van der Waals surface area (Å²) in [5.74, 6) is 1.21. The van der Waals surface area contributed by atoms with E-state index in [0.29, 0.717) is 31.4 Å². The number of ether oxygens (including phenoxy) is 1. The highest BCUT2D eigenvalue weighted by Crippen LogP contribution is 2.26. The summed E-state index contributed by atoms with van der Waals surface area (Å²) in [6.45, 7) is 2.85. The molecule has 0 aromatic rings. The Morgan fingerprint density at radius 2 is 2.00 bits per heavy atom. The minimum Gasteiger partial charge on any atom is -0.383 e. The molecular weight excluding hydrogens is 292 g/mol. The molecule has 1 saturated heterocycles. The van der Waals surface area contributed by atoms with Crippen LogP contribution >= 0.6 is 0 Å². The van der Waals surface area contributed by atoms with Crippen LogP contribution in [-0.2, 0) is 14.3 Å². The third-order valence-electron chi connectivity index (χ3n) is 4.95. The molecule has 1 N–H and O–H groups in total. The Hall–Kier alpha value is -1.36. The molecule has 130 valence electrons. The first kappa shape index (κ1) is 18.0. The number of hydrogen-bond acceptors (Lipinski definition) is 3. The molecule has 1 aliphatic heterocycles. The van der Waals surface area contributed by atoms with Crippen molar-refractivity contribution in [2.45, 2.75) is 44.9 Å². The SMILES string of the molecule is COCCNC(=O)CCC1CCN(C(=O)C2CC=CCC2)CC1. The fourth-order valence-electron chi connectivity index (χ4n) is 3.43. The van der Waals surface area contributed by atoms with Crippen LogP contribution < -0.4 is 5.32 Å². The first-order valence-electron chi connectivity index (χ1n) is 8.90. The number of nitrogens with one attached hydrogen (secondary N) is 1. The summed E-state index contributed by atoms with van der Waals surface area (Å²) in [6, 6.07) is 0. The van der Waals surface area contributed by atoms with Crippen molar-refractivity contribution < 1.29 is 14.3 Å². The lowest BCUT2D eigenvalue weighted by molar-refractivity contribution is -0.137. The van der Waals surface area contributed by atoms with Crippen LogP contribution in [0.15, 0.2) is 12.2 Å². The molecule has 23 heavy (non-hydrogen) atoms. The molecule has 2 aliphatic rings. The smallest absolute Gasteiger partial charge is 0.226 e. The van der Waals surface area contributed by atoms with Gasteiger partial charge < -0.3 is 15.0 Å². The summed E-state index contributed by atoms with van der Waals surface area (Å²) in [5.41, 5.74) is 0. The molecule has 1 heterocycles. The van der Waals surface area contributed by atoms with Gasteiger partial charge in [-0.25, -0.2) is 0 Å². The third kappa shape index (κ3) is 5.98. The van der Waals surface area contributed by atoms with Crippen LogP contribution in [0.25, 0.3) is 0 Å². The van der Waals surface area contributed by atoms with E-state index in [9.17, 15) is 9.59 Å². The van der Waals surface area contributed by atoms with Crippen LogP contribution in [0.3, 0.4) is 0 Å². The van der Waals surface area contributed by atoms with Crippen LogP contribution in [0.5, 0.6) is 0 Å². The number of amides is 2. The van der Waals surface area contributed by atoms with E-state index in [2.05, 4.69) is 17.5 Å². The number of nitrogens with zero attached hydrogens (tertiary/aromatic N) is 1. The Bertz CT molecular complexity index is 414. The minimum atomic E-state index is 0.106. The van der Waals surface area contributed by atoms with E-state index in [4.69, 9.17) is 4.74 Å². The Kier molecular flexibility index (Phi) is 7.59.